The van der Waals surface area contributed by atoms with Gasteiger partial charge in [-0.05, 0) is 55.0 Å². The van der Waals surface area contributed by atoms with Crippen molar-refractivity contribution in [3.63, 3.8) is 0 Å². The summed E-state index contributed by atoms with van der Waals surface area (Å²) in [6.45, 7) is 4.13. The SMILES string of the molecule is CCCOC(=O)C1=C(C)NC2=C(C(=O)C[C@H](c3ccc(OC)cc3)C2)[C@H]1c1ccccc1Cl. The van der Waals surface area contributed by atoms with Crippen LogP contribution in [-0.2, 0) is 14.3 Å². The van der Waals surface area contributed by atoms with Gasteiger partial charge in [0.2, 0.25) is 0 Å². The predicted molar refractivity (Wildman–Crippen MR) is 128 cm³/mol. The fourth-order valence-corrected chi connectivity index (χ4v) is 4.96. The molecule has 0 saturated carbocycles. The van der Waals surface area contributed by atoms with Gasteiger partial charge in [-0.25, -0.2) is 4.79 Å². The van der Waals surface area contributed by atoms with Crippen molar-refractivity contribution in [1.29, 1.82) is 0 Å². The molecule has 1 heterocycles. The highest BCUT2D eigenvalue weighted by Crippen LogP contribution is 2.47. The first-order chi connectivity index (χ1) is 15.9. The van der Waals surface area contributed by atoms with E-state index in [-0.39, 0.29) is 11.7 Å². The molecule has 2 atom stereocenters. The summed E-state index contributed by atoms with van der Waals surface area (Å²) in [5, 5.41) is 3.89. The minimum absolute atomic E-state index is 0.0165. The molecule has 172 valence electrons. The molecule has 0 spiro atoms. The van der Waals surface area contributed by atoms with E-state index in [2.05, 4.69) is 5.32 Å². The lowest BCUT2D eigenvalue weighted by Crippen LogP contribution is -2.36. The topological polar surface area (TPSA) is 64.6 Å². The Morgan fingerprint density at radius 3 is 2.52 bits per heavy atom. The van der Waals surface area contributed by atoms with E-state index in [9.17, 15) is 9.59 Å². The second-order valence-electron chi connectivity index (χ2n) is 8.45. The minimum atomic E-state index is -0.552. The number of esters is 1. The highest BCUT2D eigenvalue weighted by Gasteiger charge is 2.42. The van der Waals surface area contributed by atoms with Crippen molar-refractivity contribution >= 4 is 23.4 Å². The van der Waals surface area contributed by atoms with Gasteiger partial charge in [0.05, 0.1) is 19.3 Å². The maximum atomic E-state index is 13.6. The van der Waals surface area contributed by atoms with Crippen LogP contribution >= 0.6 is 11.6 Å². The number of carbonyl (C=O) groups excluding carboxylic acids is 2. The number of halogens is 1. The summed E-state index contributed by atoms with van der Waals surface area (Å²) >= 11 is 6.57. The van der Waals surface area contributed by atoms with Gasteiger partial charge in [0, 0.05) is 34.3 Å². The van der Waals surface area contributed by atoms with Crippen LogP contribution in [0.2, 0.25) is 5.02 Å². The van der Waals surface area contributed by atoms with Crippen molar-refractivity contribution in [3.8, 4) is 5.75 Å². The third kappa shape index (κ3) is 4.55. The van der Waals surface area contributed by atoms with Gasteiger partial charge in [-0.1, -0.05) is 48.9 Å². The largest absolute Gasteiger partial charge is 0.497 e. The van der Waals surface area contributed by atoms with Crippen LogP contribution < -0.4 is 10.1 Å². The Balaban J connectivity index is 1.76. The quantitative estimate of drug-likeness (QED) is 0.557. The Morgan fingerprint density at radius 1 is 1.12 bits per heavy atom. The van der Waals surface area contributed by atoms with Crippen molar-refractivity contribution in [2.45, 2.75) is 44.9 Å². The van der Waals surface area contributed by atoms with Crippen LogP contribution in [0, 0.1) is 0 Å². The van der Waals surface area contributed by atoms with Crippen LogP contribution in [0.5, 0.6) is 5.75 Å². The van der Waals surface area contributed by atoms with E-state index in [0.717, 1.165) is 29.0 Å². The smallest absolute Gasteiger partial charge is 0.336 e. The summed E-state index contributed by atoms with van der Waals surface area (Å²) in [5.41, 5.74) is 4.44. The monoisotopic (exact) mass is 465 g/mol. The molecule has 2 aromatic carbocycles. The molecule has 2 aromatic rings. The molecule has 1 N–H and O–H groups in total. The van der Waals surface area contributed by atoms with E-state index in [1.165, 1.54) is 0 Å². The number of rotatable bonds is 6. The summed E-state index contributed by atoms with van der Waals surface area (Å²) in [4.78, 5) is 26.7. The first-order valence-corrected chi connectivity index (χ1v) is 11.6. The van der Waals surface area contributed by atoms with Gasteiger partial charge in [0.25, 0.3) is 0 Å². The lowest BCUT2D eigenvalue weighted by Gasteiger charge is -2.37. The number of Topliss-reactive ketones (excluding diaryl/α,β-unsaturated/α-hetero) is 1. The van der Waals surface area contributed by atoms with Crippen molar-refractivity contribution in [2.75, 3.05) is 13.7 Å². The van der Waals surface area contributed by atoms with Crippen LogP contribution in [0.1, 0.15) is 56.1 Å². The number of allylic oxidation sites excluding steroid dienone is 3. The lowest BCUT2D eigenvalue weighted by atomic mass is 9.71. The zero-order valence-corrected chi connectivity index (χ0v) is 19.9. The van der Waals surface area contributed by atoms with E-state index < -0.39 is 11.9 Å². The number of hydrogen-bond donors (Lipinski definition) is 1. The Bertz CT molecular complexity index is 1130. The molecule has 1 aliphatic heterocycles. The summed E-state index contributed by atoms with van der Waals surface area (Å²) in [6, 6.07) is 15.2. The van der Waals surface area contributed by atoms with Gasteiger partial charge in [0.1, 0.15) is 5.75 Å². The molecule has 0 aromatic heterocycles. The van der Waals surface area contributed by atoms with E-state index in [0.29, 0.717) is 41.3 Å². The van der Waals surface area contributed by atoms with Crippen molar-refractivity contribution < 1.29 is 19.1 Å². The standard InChI is InChI=1S/C27H28ClNO4/c1-4-13-33-27(31)24-16(2)29-22-14-18(17-9-11-19(32-3)12-10-17)15-23(30)26(22)25(24)20-7-5-6-8-21(20)28/h5-12,18,25,29H,4,13-15H2,1-3H3/t18-,25+/m1/s1. The summed E-state index contributed by atoms with van der Waals surface area (Å²) < 4.78 is 10.8. The molecule has 1 aliphatic carbocycles. The molecule has 4 rings (SSSR count). The van der Waals surface area contributed by atoms with Gasteiger partial charge in [-0.2, -0.15) is 0 Å². The molecule has 33 heavy (non-hydrogen) atoms. The lowest BCUT2D eigenvalue weighted by molar-refractivity contribution is -0.139. The second kappa shape index (κ2) is 9.84. The number of ketones is 1. The molecule has 0 fully saturated rings. The minimum Gasteiger partial charge on any atom is -0.497 e. The normalized spacial score (nSPS) is 20.3. The fraction of sp³-hybridized carbons (Fsp3) is 0.333. The van der Waals surface area contributed by atoms with Crippen LogP contribution in [0.3, 0.4) is 0 Å². The number of carbonyl (C=O) groups is 2. The number of methoxy groups -OCH3 is 1. The maximum Gasteiger partial charge on any atom is 0.336 e. The summed E-state index contributed by atoms with van der Waals surface area (Å²) in [5.74, 6) is -0.123. The number of benzene rings is 2. The maximum absolute atomic E-state index is 13.6. The van der Waals surface area contributed by atoms with Gasteiger partial charge in [0.15, 0.2) is 5.78 Å². The highest BCUT2D eigenvalue weighted by atomic mass is 35.5. The third-order valence-electron chi connectivity index (χ3n) is 6.29. The molecule has 0 amide bonds. The van der Waals surface area contributed by atoms with E-state index in [1.807, 2.05) is 56.3 Å². The molecule has 0 unspecified atom stereocenters. The molecule has 0 bridgehead atoms. The number of hydrogen-bond acceptors (Lipinski definition) is 5. The zero-order valence-electron chi connectivity index (χ0n) is 19.1. The van der Waals surface area contributed by atoms with E-state index in [1.54, 1.807) is 13.2 Å². The van der Waals surface area contributed by atoms with Crippen LogP contribution in [0.15, 0.2) is 71.1 Å². The van der Waals surface area contributed by atoms with Gasteiger partial charge < -0.3 is 14.8 Å². The second-order valence-corrected chi connectivity index (χ2v) is 8.86. The van der Waals surface area contributed by atoms with Gasteiger partial charge >= 0.3 is 5.97 Å². The Hall–Kier alpha value is -3.05. The van der Waals surface area contributed by atoms with Gasteiger partial charge in [-0.3, -0.25) is 4.79 Å². The number of ether oxygens (including phenoxy) is 2. The first-order valence-electron chi connectivity index (χ1n) is 11.2. The van der Waals surface area contributed by atoms with Crippen molar-refractivity contribution in [1.82, 2.24) is 5.32 Å². The average molecular weight is 466 g/mol. The van der Waals surface area contributed by atoms with Crippen LogP contribution in [0.4, 0.5) is 0 Å². The van der Waals surface area contributed by atoms with Gasteiger partial charge in [-0.15, -0.1) is 0 Å². The molecule has 2 aliphatic rings. The number of nitrogens with one attached hydrogen (secondary N) is 1. The Labute approximate surface area is 199 Å². The zero-order chi connectivity index (χ0) is 23.5. The predicted octanol–water partition coefficient (Wildman–Crippen LogP) is 5.66. The third-order valence-corrected chi connectivity index (χ3v) is 6.63. The Kier molecular flexibility index (Phi) is 6.89. The fourth-order valence-electron chi connectivity index (χ4n) is 4.71. The average Bonchev–Trinajstić information content (AvgIpc) is 2.82. The Morgan fingerprint density at radius 2 is 1.85 bits per heavy atom. The molecular formula is C27H28ClNO4. The van der Waals surface area contributed by atoms with E-state index in [4.69, 9.17) is 21.1 Å². The van der Waals surface area contributed by atoms with Crippen LogP contribution in [0.25, 0.3) is 0 Å². The summed E-state index contributed by atoms with van der Waals surface area (Å²) in [6.07, 6.45) is 1.76. The molecule has 5 nitrogen and oxygen atoms in total. The summed E-state index contributed by atoms with van der Waals surface area (Å²) in [7, 11) is 1.63. The highest BCUT2D eigenvalue weighted by molar-refractivity contribution is 6.31. The van der Waals surface area contributed by atoms with Crippen LogP contribution in [-0.4, -0.2) is 25.5 Å². The van der Waals surface area contributed by atoms with E-state index >= 15 is 0 Å². The molecular weight excluding hydrogens is 438 g/mol. The number of dihydropyridines is 1. The molecule has 0 radical (unpaired) electrons. The first kappa shape index (κ1) is 23.1. The van der Waals surface area contributed by atoms with Crippen molar-refractivity contribution in [3.05, 3.63) is 87.2 Å². The molecule has 0 saturated heterocycles. The van der Waals surface area contributed by atoms with Crippen molar-refractivity contribution in [2.24, 2.45) is 0 Å². The molecule has 6 heteroatoms.